The molecule has 2 N–H and O–H groups in total. The molecule has 0 aliphatic carbocycles. The second kappa shape index (κ2) is 9.36. The second-order valence-electron chi connectivity index (χ2n) is 7.41. The molecule has 0 saturated heterocycles. The van der Waals surface area contributed by atoms with Crippen molar-refractivity contribution in [3.8, 4) is 40.5 Å². The lowest BCUT2D eigenvalue weighted by Gasteiger charge is -2.14. The first-order chi connectivity index (χ1) is 16.1. The molecular formula is C29H18N4. The predicted molar refractivity (Wildman–Crippen MR) is 131 cm³/mol. The fourth-order valence-corrected chi connectivity index (χ4v) is 3.65. The maximum atomic E-state index is 9.77. The Hall–Kier alpha value is -5.11. The van der Waals surface area contributed by atoms with Crippen LogP contribution in [0.1, 0.15) is 27.8 Å². The van der Waals surface area contributed by atoms with Crippen LogP contribution in [0.15, 0.2) is 84.9 Å². The van der Waals surface area contributed by atoms with E-state index in [1.165, 1.54) is 0 Å². The van der Waals surface area contributed by atoms with Gasteiger partial charge in [0.2, 0.25) is 0 Å². The minimum atomic E-state index is 0.196. The summed E-state index contributed by atoms with van der Waals surface area (Å²) in [7, 11) is 0. The zero-order valence-corrected chi connectivity index (χ0v) is 17.7. The molecule has 0 aromatic heterocycles. The molecule has 0 saturated carbocycles. The molecule has 0 unspecified atom stereocenters. The SMILES string of the molecule is N#Cc1ccc(/C=C/c2ccc(-c3cc(-c4ccccc4)c(C#N)c(N)c3C#N)cc2)cc1. The van der Waals surface area contributed by atoms with E-state index in [0.29, 0.717) is 27.8 Å². The topological polar surface area (TPSA) is 97.4 Å². The van der Waals surface area contributed by atoms with Crippen LogP contribution in [0.25, 0.3) is 34.4 Å². The van der Waals surface area contributed by atoms with Crippen LogP contribution in [0.3, 0.4) is 0 Å². The molecule has 4 aromatic rings. The van der Waals surface area contributed by atoms with Gasteiger partial charge in [-0.15, -0.1) is 0 Å². The van der Waals surface area contributed by atoms with Crippen molar-refractivity contribution in [2.45, 2.75) is 0 Å². The molecule has 0 spiro atoms. The van der Waals surface area contributed by atoms with Crippen LogP contribution in [-0.4, -0.2) is 0 Å². The number of benzene rings is 4. The van der Waals surface area contributed by atoms with Gasteiger partial charge in [-0.2, -0.15) is 15.8 Å². The van der Waals surface area contributed by atoms with Gasteiger partial charge >= 0.3 is 0 Å². The molecule has 154 valence electrons. The van der Waals surface area contributed by atoms with Crippen molar-refractivity contribution in [2.75, 3.05) is 5.73 Å². The summed E-state index contributed by atoms with van der Waals surface area (Å²) in [4.78, 5) is 0. The summed E-state index contributed by atoms with van der Waals surface area (Å²) in [6.45, 7) is 0. The Balaban J connectivity index is 1.72. The van der Waals surface area contributed by atoms with E-state index in [-0.39, 0.29) is 5.69 Å². The Bertz CT molecular complexity index is 1460. The number of hydrogen-bond donors (Lipinski definition) is 1. The summed E-state index contributed by atoms with van der Waals surface area (Å²) in [6, 6.07) is 33.0. The quantitative estimate of drug-likeness (QED) is 0.304. The van der Waals surface area contributed by atoms with Crippen LogP contribution in [-0.2, 0) is 0 Å². The molecule has 0 fully saturated rings. The van der Waals surface area contributed by atoms with Gasteiger partial charge in [0.05, 0.1) is 28.4 Å². The fraction of sp³-hybridized carbons (Fsp3) is 0. The lowest BCUT2D eigenvalue weighted by molar-refractivity contribution is 1.44. The monoisotopic (exact) mass is 422 g/mol. The number of nitriles is 3. The van der Waals surface area contributed by atoms with Crippen LogP contribution in [0, 0.1) is 34.0 Å². The Morgan fingerprint density at radius 1 is 0.576 bits per heavy atom. The van der Waals surface area contributed by atoms with Gasteiger partial charge in [-0.25, -0.2) is 0 Å². The van der Waals surface area contributed by atoms with Gasteiger partial charge < -0.3 is 5.73 Å². The molecule has 4 heteroatoms. The molecule has 4 aromatic carbocycles. The predicted octanol–water partition coefficient (Wildman–Crippen LogP) is 6.39. The van der Waals surface area contributed by atoms with Gasteiger partial charge in [0, 0.05) is 11.1 Å². The Morgan fingerprint density at radius 3 is 1.55 bits per heavy atom. The maximum absolute atomic E-state index is 9.77. The van der Waals surface area contributed by atoms with Crippen molar-refractivity contribution >= 4 is 17.8 Å². The minimum Gasteiger partial charge on any atom is -0.397 e. The number of hydrogen-bond acceptors (Lipinski definition) is 4. The Morgan fingerprint density at radius 2 is 1.06 bits per heavy atom. The van der Waals surface area contributed by atoms with E-state index < -0.39 is 0 Å². The molecule has 33 heavy (non-hydrogen) atoms. The highest BCUT2D eigenvalue weighted by atomic mass is 14.6. The highest BCUT2D eigenvalue weighted by Gasteiger charge is 2.18. The summed E-state index contributed by atoms with van der Waals surface area (Å²) in [6.07, 6.45) is 3.96. The molecule has 0 heterocycles. The molecule has 4 rings (SSSR count). The van der Waals surface area contributed by atoms with Crippen LogP contribution < -0.4 is 5.73 Å². The molecule has 4 nitrogen and oxygen atoms in total. The van der Waals surface area contributed by atoms with Crippen LogP contribution >= 0.6 is 0 Å². The standard InChI is InChI=1S/C29H18N4/c30-17-22-10-8-20(9-11-22)6-7-21-12-14-24(15-13-21)26-16-25(23-4-2-1-3-5-23)27(18-31)29(33)28(26)19-32/h1-16H,33H2/b7-6+. The van der Waals surface area contributed by atoms with Crippen molar-refractivity contribution < 1.29 is 0 Å². The van der Waals surface area contributed by atoms with E-state index in [0.717, 1.165) is 22.3 Å². The van der Waals surface area contributed by atoms with Crippen molar-refractivity contribution in [3.05, 3.63) is 113 Å². The first-order valence-electron chi connectivity index (χ1n) is 10.3. The van der Waals surface area contributed by atoms with Crippen molar-refractivity contribution in [1.82, 2.24) is 0 Å². The third-order valence-corrected chi connectivity index (χ3v) is 5.40. The van der Waals surface area contributed by atoms with Crippen molar-refractivity contribution in [1.29, 1.82) is 15.8 Å². The first kappa shape index (κ1) is 21.1. The molecule has 0 atom stereocenters. The number of anilines is 1. The molecule has 0 bridgehead atoms. The third-order valence-electron chi connectivity index (χ3n) is 5.40. The van der Waals surface area contributed by atoms with Crippen molar-refractivity contribution in [2.24, 2.45) is 0 Å². The van der Waals surface area contributed by atoms with Crippen molar-refractivity contribution in [3.63, 3.8) is 0 Å². The highest BCUT2D eigenvalue weighted by Crippen LogP contribution is 2.37. The molecular weight excluding hydrogens is 404 g/mol. The maximum Gasteiger partial charge on any atom is 0.102 e. The van der Waals surface area contributed by atoms with Gasteiger partial charge in [0.15, 0.2) is 0 Å². The van der Waals surface area contributed by atoms with Crippen LogP contribution in [0.2, 0.25) is 0 Å². The average Bonchev–Trinajstić information content (AvgIpc) is 2.88. The summed E-state index contributed by atoms with van der Waals surface area (Å²) in [5.41, 5.74) is 12.8. The molecule has 0 amide bonds. The van der Waals surface area contributed by atoms with Gasteiger partial charge in [0.25, 0.3) is 0 Å². The Kier molecular flexibility index (Phi) is 5.99. The molecule has 0 aliphatic heterocycles. The zero-order valence-electron chi connectivity index (χ0n) is 17.7. The molecule has 0 radical (unpaired) electrons. The Labute approximate surface area is 192 Å². The smallest absolute Gasteiger partial charge is 0.102 e. The first-order valence-corrected chi connectivity index (χ1v) is 10.3. The van der Waals surface area contributed by atoms with Gasteiger partial charge in [-0.05, 0) is 40.5 Å². The van der Waals surface area contributed by atoms with Gasteiger partial charge in [-0.1, -0.05) is 78.9 Å². The number of nitrogens with two attached hydrogens (primary N) is 1. The normalized spacial score (nSPS) is 10.3. The number of nitrogen functional groups attached to an aromatic ring is 1. The van der Waals surface area contributed by atoms with E-state index in [2.05, 4.69) is 18.2 Å². The second-order valence-corrected chi connectivity index (χ2v) is 7.41. The molecule has 0 aliphatic rings. The van der Waals surface area contributed by atoms with E-state index in [9.17, 15) is 10.5 Å². The van der Waals surface area contributed by atoms with Gasteiger partial charge in [0.1, 0.15) is 12.1 Å². The zero-order chi connectivity index (χ0) is 23.2. The number of rotatable bonds is 4. The fourth-order valence-electron chi connectivity index (χ4n) is 3.65. The lowest BCUT2D eigenvalue weighted by Crippen LogP contribution is -2.00. The summed E-state index contributed by atoms with van der Waals surface area (Å²) < 4.78 is 0. The number of nitrogens with zero attached hydrogens (tertiary/aromatic N) is 3. The highest BCUT2D eigenvalue weighted by molar-refractivity contribution is 5.89. The lowest BCUT2D eigenvalue weighted by atomic mass is 9.89. The average molecular weight is 422 g/mol. The summed E-state index contributed by atoms with van der Waals surface area (Å²) in [5, 5.41) is 28.4. The van der Waals surface area contributed by atoms with Crippen LogP contribution in [0.5, 0.6) is 0 Å². The largest absolute Gasteiger partial charge is 0.397 e. The summed E-state index contributed by atoms with van der Waals surface area (Å²) in [5.74, 6) is 0. The van der Waals surface area contributed by atoms with E-state index >= 15 is 0 Å². The van der Waals surface area contributed by atoms with Gasteiger partial charge in [-0.3, -0.25) is 0 Å². The summed E-state index contributed by atoms with van der Waals surface area (Å²) >= 11 is 0. The minimum absolute atomic E-state index is 0.196. The third kappa shape index (κ3) is 4.35. The van der Waals surface area contributed by atoms with Crippen LogP contribution in [0.4, 0.5) is 5.69 Å². The van der Waals surface area contributed by atoms with E-state index in [4.69, 9.17) is 11.0 Å². The van der Waals surface area contributed by atoms with E-state index in [1.807, 2.05) is 84.9 Å². The van der Waals surface area contributed by atoms with E-state index in [1.54, 1.807) is 12.1 Å².